The number of aryl methyl sites for hydroxylation is 1. The van der Waals surface area contributed by atoms with Gasteiger partial charge in [0.2, 0.25) is 0 Å². The van der Waals surface area contributed by atoms with E-state index < -0.39 is 0 Å². The first-order valence-electron chi connectivity index (χ1n) is 5.04. The Morgan fingerprint density at radius 1 is 1.12 bits per heavy atom. The Kier molecular flexibility index (Phi) is 3.15. The van der Waals surface area contributed by atoms with Gasteiger partial charge in [0.25, 0.3) is 0 Å². The fourth-order valence-electron chi connectivity index (χ4n) is 1.54. The van der Waals surface area contributed by atoms with Gasteiger partial charge in [-0.15, -0.1) is 0 Å². The first-order chi connectivity index (χ1) is 7.65. The molecule has 3 N–H and O–H groups in total. The molecule has 0 aromatic heterocycles. The second kappa shape index (κ2) is 4.58. The van der Waals surface area contributed by atoms with Gasteiger partial charge in [-0.05, 0) is 48.9 Å². The normalized spacial score (nSPS) is 10.1. The zero-order valence-corrected chi connectivity index (χ0v) is 10.6. The van der Waals surface area contributed by atoms with Crippen molar-refractivity contribution in [2.75, 3.05) is 11.1 Å². The molecule has 0 amide bonds. The molecular formula is C13H13BrN2. The summed E-state index contributed by atoms with van der Waals surface area (Å²) < 4.78 is 1.09. The molecule has 2 rings (SSSR count). The molecule has 0 heterocycles. The lowest BCUT2D eigenvalue weighted by molar-refractivity contribution is 1.42. The van der Waals surface area contributed by atoms with Crippen molar-refractivity contribution in [2.24, 2.45) is 0 Å². The van der Waals surface area contributed by atoms with Crippen LogP contribution in [0, 0.1) is 6.92 Å². The fraction of sp³-hybridized carbons (Fsp3) is 0.0769. The van der Waals surface area contributed by atoms with Crippen LogP contribution < -0.4 is 11.1 Å². The van der Waals surface area contributed by atoms with Crippen molar-refractivity contribution >= 4 is 33.0 Å². The Morgan fingerprint density at radius 2 is 1.94 bits per heavy atom. The van der Waals surface area contributed by atoms with Crippen molar-refractivity contribution in [3.8, 4) is 0 Å². The average molecular weight is 277 g/mol. The summed E-state index contributed by atoms with van der Waals surface area (Å²) in [5.74, 6) is 0. The van der Waals surface area contributed by atoms with E-state index in [1.807, 2.05) is 36.4 Å². The molecular weight excluding hydrogens is 264 g/mol. The minimum atomic E-state index is 0.764. The number of benzene rings is 2. The predicted octanol–water partition coefficient (Wildman–Crippen LogP) is 4.08. The summed E-state index contributed by atoms with van der Waals surface area (Å²) >= 11 is 3.45. The molecule has 2 aromatic carbocycles. The summed E-state index contributed by atoms with van der Waals surface area (Å²) in [7, 11) is 0. The zero-order valence-electron chi connectivity index (χ0n) is 9.00. The molecule has 0 saturated carbocycles. The van der Waals surface area contributed by atoms with Gasteiger partial charge in [0.15, 0.2) is 0 Å². The van der Waals surface area contributed by atoms with Crippen molar-refractivity contribution in [1.29, 1.82) is 0 Å². The zero-order chi connectivity index (χ0) is 11.5. The fourth-order valence-corrected chi connectivity index (χ4v) is 2.01. The van der Waals surface area contributed by atoms with Crippen LogP contribution in [0.5, 0.6) is 0 Å². The van der Waals surface area contributed by atoms with Gasteiger partial charge in [-0.2, -0.15) is 0 Å². The number of nitrogen functional groups attached to an aromatic ring is 1. The van der Waals surface area contributed by atoms with Crippen LogP contribution in [0.3, 0.4) is 0 Å². The molecule has 0 fully saturated rings. The predicted molar refractivity (Wildman–Crippen MR) is 73.0 cm³/mol. The molecule has 2 nitrogen and oxygen atoms in total. The van der Waals surface area contributed by atoms with Crippen LogP contribution in [0.1, 0.15) is 5.56 Å². The van der Waals surface area contributed by atoms with Gasteiger partial charge in [0.1, 0.15) is 0 Å². The van der Waals surface area contributed by atoms with Crippen LogP contribution in [0.25, 0.3) is 0 Å². The minimum absolute atomic E-state index is 0.764. The molecule has 0 unspecified atom stereocenters. The second-order valence-electron chi connectivity index (χ2n) is 3.71. The van der Waals surface area contributed by atoms with Gasteiger partial charge in [0.05, 0.1) is 0 Å². The summed E-state index contributed by atoms with van der Waals surface area (Å²) in [4.78, 5) is 0. The molecule has 3 heteroatoms. The molecule has 2 aromatic rings. The van der Waals surface area contributed by atoms with Crippen LogP contribution in [0.15, 0.2) is 46.9 Å². The molecule has 0 bridgehead atoms. The van der Waals surface area contributed by atoms with Crippen molar-refractivity contribution in [3.05, 3.63) is 52.5 Å². The molecule has 82 valence electrons. The number of halogens is 1. The van der Waals surface area contributed by atoms with Crippen LogP contribution in [0.2, 0.25) is 0 Å². The van der Waals surface area contributed by atoms with E-state index in [1.165, 1.54) is 5.56 Å². The summed E-state index contributed by atoms with van der Waals surface area (Å²) in [5, 5.41) is 3.34. The van der Waals surface area contributed by atoms with E-state index in [1.54, 1.807) is 0 Å². The highest BCUT2D eigenvalue weighted by Crippen LogP contribution is 2.24. The summed E-state index contributed by atoms with van der Waals surface area (Å²) in [6.45, 7) is 2.07. The number of nitrogens with two attached hydrogens (primary N) is 1. The highest BCUT2D eigenvalue weighted by molar-refractivity contribution is 9.10. The molecule has 0 atom stereocenters. The Morgan fingerprint density at radius 3 is 2.62 bits per heavy atom. The maximum Gasteiger partial charge on any atom is 0.0414 e. The third-order valence-corrected chi connectivity index (χ3v) is 2.85. The van der Waals surface area contributed by atoms with E-state index in [9.17, 15) is 0 Å². The summed E-state index contributed by atoms with van der Waals surface area (Å²) in [6.07, 6.45) is 0. The number of hydrogen-bond acceptors (Lipinski definition) is 2. The molecule has 16 heavy (non-hydrogen) atoms. The van der Waals surface area contributed by atoms with Gasteiger partial charge in [-0.3, -0.25) is 0 Å². The van der Waals surface area contributed by atoms with E-state index in [4.69, 9.17) is 5.73 Å². The lowest BCUT2D eigenvalue weighted by atomic mass is 10.2. The Labute approximate surface area is 104 Å². The van der Waals surface area contributed by atoms with Gasteiger partial charge in [0, 0.05) is 21.5 Å². The Bertz CT molecular complexity index is 509. The number of hydrogen-bond donors (Lipinski definition) is 2. The largest absolute Gasteiger partial charge is 0.399 e. The van der Waals surface area contributed by atoms with Crippen molar-refractivity contribution in [1.82, 2.24) is 0 Å². The topological polar surface area (TPSA) is 38.0 Å². The first kappa shape index (κ1) is 11.0. The third-order valence-electron chi connectivity index (χ3n) is 2.35. The van der Waals surface area contributed by atoms with Crippen LogP contribution in [-0.4, -0.2) is 0 Å². The molecule has 0 radical (unpaired) electrons. The van der Waals surface area contributed by atoms with Gasteiger partial charge >= 0.3 is 0 Å². The Hall–Kier alpha value is -1.48. The van der Waals surface area contributed by atoms with E-state index >= 15 is 0 Å². The maximum absolute atomic E-state index is 5.73. The van der Waals surface area contributed by atoms with Crippen molar-refractivity contribution < 1.29 is 0 Å². The van der Waals surface area contributed by atoms with Crippen LogP contribution in [-0.2, 0) is 0 Å². The highest BCUT2D eigenvalue weighted by Gasteiger charge is 1.99. The SMILES string of the molecule is Cc1cc(Br)ccc1Nc1cccc(N)c1. The van der Waals surface area contributed by atoms with Crippen LogP contribution in [0.4, 0.5) is 17.1 Å². The maximum atomic E-state index is 5.73. The number of rotatable bonds is 2. The minimum Gasteiger partial charge on any atom is -0.399 e. The van der Waals surface area contributed by atoms with Crippen LogP contribution >= 0.6 is 15.9 Å². The van der Waals surface area contributed by atoms with E-state index in [2.05, 4.69) is 34.2 Å². The molecule has 0 spiro atoms. The van der Waals surface area contributed by atoms with Gasteiger partial charge < -0.3 is 11.1 Å². The smallest absolute Gasteiger partial charge is 0.0414 e. The average Bonchev–Trinajstić information content (AvgIpc) is 2.22. The third kappa shape index (κ3) is 2.55. The summed E-state index contributed by atoms with van der Waals surface area (Å²) in [5.41, 5.74) is 9.78. The highest BCUT2D eigenvalue weighted by atomic mass is 79.9. The monoisotopic (exact) mass is 276 g/mol. The number of anilines is 3. The standard InChI is InChI=1S/C13H13BrN2/c1-9-7-10(14)5-6-13(9)16-12-4-2-3-11(15)8-12/h2-8,16H,15H2,1H3. The van der Waals surface area contributed by atoms with Crippen molar-refractivity contribution in [3.63, 3.8) is 0 Å². The van der Waals surface area contributed by atoms with E-state index in [0.29, 0.717) is 0 Å². The quantitative estimate of drug-likeness (QED) is 0.811. The van der Waals surface area contributed by atoms with E-state index in [-0.39, 0.29) is 0 Å². The lowest BCUT2D eigenvalue weighted by Crippen LogP contribution is -1.94. The molecule has 0 aliphatic rings. The van der Waals surface area contributed by atoms with E-state index in [0.717, 1.165) is 21.5 Å². The Balaban J connectivity index is 2.27. The van der Waals surface area contributed by atoms with Crippen molar-refractivity contribution in [2.45, 2.75) is 6.92 Å². The molecule has 0 saturated heterocycles. The number of nitrogens with one attached hydrogen (secondary N) is 1. The summed E-state index contributed by atoms with van der Waals surface area (Å²) in [6, 6.07) is 13.9. The molecule has 0 aliphatic carbocycles. The first-order valence-corrected chi connectivity index (χ1v) is 5.83. The second-order valence-corrected chi connectivity index (χ2v) is 4.63. The molecule has 0 aliphatic heterocycles. The lowest BCUT2D eigenvalue weighted by Gasteiger charge is -2.10. The van der Waals surface area contributed by atoms with Gasteiger partial charge in [-0.1, -0.05) is 22.0 Å². The van der Waals surface area contributed by atoms with Gasteiger partial charge in [-0.25, -0.2) is 0 Å².